The highest BCUT2D eigenvalue weighted by molar-refractivity contribution is 5.38. The van der Waals surface area contributed by atoms with E-state index < -0.39 is 0 Å². The summed E-state index contributed by atoms with van der Waals surface area (Å²) in [5.41, 5.74) is 2.43. The fourth-order valence-corrected chi connectivity index (χ4v) is 2.82. The van der Waals surface area contributed by atoms with E-state index in [0.717, 1.165) is 30.4 Å². The lowest BCUT2D eigenvalue weighted by Gasteiger charge is -2.25. The molecule has 1 N–H and O–H groups in total. The van der Waals surface area contributed by atoms with Gasteiger partial charge >= 0.3 is 0 Å². The van der Waals surface area contributed by atoms with Gasteiger partial charge in [-0.2, -0.15) is 0 Å². The van der Waals surface area contributed by atoms with Gasteiger partial charge in [0.05, 0.1) is 13.7 Å². The zero-order chi connectivity index (χ0) is 15.1. The molecule has 1 atom stereocenters. The minimum Gasteiger partial charge on any atom is -0.496 e. The number of methoxy groups -OCH3 is 1. The summed E-state index contributed by atoms with van der Waals surface area (Å²) in [4.78, 5) is 0. The number of ether oxygens (including phenoxy) is 2. The first kappa shape index (κ1) is 16.3. The molecule has 1 aliphatic rings. The van der Waals surface area contributed by atoms with Crippen molar-refractivity contribution in [2.24, 2.45) is 5.92 Å². The van der Waals surface area contributed by atoms with Crippen molar-refractivity contribution < 1.29 is 9.47 Å². The summed E-state index contributed by atoms with van der Waals surface area (Å²) < 4.78 is 11.3. The zero-order valence-electron chi connectivity index (χ0n) is 13.7. The summed E-state index contributed by atoms with van der Waals surface area (Å²) in [7, 11) is 1.72. The third kappa shape index (κ3) is 4.72. The van der Waals surface area contributed by atoms with Crippen LogP contribution in [-0.2, 0) is 11.3 Å². The van der Waals surface area contributed by atoms with Crippen molar-refractivity contribution in [3.05, 3.63) is 29.3 Å². The standard InChI is InChI=1S/C18H29NO2/c1-4-19-14(2)16-8-9-18(20-3)17(12-16)13-21-11-10-15-6-5-7-15/h8-9,12,14-15,19H,4-7,10-11,13H2,1-3H3. The van der Waals surface area contributed by atoms with Crippen molar-refractivity contribution in [3.63, 3.8) is 0 Å². The van der Waals surface area contributed by atoms with E-state index in [9.17, 15) is 0 Å². The molecule has 0 aromatic heterocycles. The highest BCUT2D eigenvalue weighted by atomic mass is 16.5. The fraction of sp³-hybridized carbons (Fsp3) is 0.667. The summed E-state index contributed by atoms with van der Waals surface area (Å²) in [6.07, 6.45) is 5.39. The lowest BCUT2D eigenvalue weighted by atomic mass is 9.83. The first-order chi connectivity index (χ1) is 10.2. The Morgan fingerprint density at radius 3 is 2.76 bits per heavy atom. The first-order valence-corrected chi connectivity index (χ1v) is 8.22. The first-order valence-electron chi connectivity index (χ1n) is 8.22. The van der Waals surface area contributed by atoms with E-state index in [1.54, 1.807) is 7.11 Å². The van der Waals surface area contributed by atoms with Gasteiger partial charge in [-0.15, -0.1) is 0 Å². The van der Waals surface area contributed by atoms with Gasteiger partial charge in [0.15, 0.2) is 0 Å². The average molecular weight is 291 g/mol. The highest BCUT2D eigenvalue weighted by Crippen LogP contribution is 2.29. The zero-order valence-corrected chi connectivity index (χ0v) is 13.7. The van der Waals surface area contributed by atoms with Gasteiger partial charge in [-0.3, -0.25) is 0 Å². The van der Waals surface area contributed by atoms with Crippen LogP contribution in [-0.4, -0.2) is 20.3 Å². The van der Waals surface area contributed by atoms with E-state index in [2.05, 4.69) is 31.3 Å². The molecule has 2 rings (SSSR count). The Bertz CT molecular complexity index is 429. The van der Waals surface area contributed by atoms with Crippen LogP contribution in [0.1, 0.15) is 56.7 Å². The monoisotopic (exact) mass is 291 g/mol. The second-order valence-electron chi connectivity index (χ2n) is 5.99. The van der Waals surface area contributed by atoms with Crippen LogP contribution in [0.15, 0.2) is 18.2 Å². The minimum atomic E-state index is 0.356. The lowest BCUT2D eigenvalue weighted by molar-refractivity contribution is 0.0935. The molecule has 0 saturated heterocycles. The fourth-order valence-electron chi connectivity index (χ4n) is 2.82. The molecule has 3 nitrogen and oxygen atoms in total. The molecular formula is C18H29NO2. The van der Waals surface area contributed by atoms with E-state index >= 15 is 0 Å². The summed E-state index contributed by atoms with van der Waals surface area (Å²) in [5, 5.41) is 3.44. The largest absolute Gasteiger partial charge is 0.496 e. The quantitative estimate of drug-likeness (QED) is 0.696. The van der Waals surface area contributed by atoms with Crippen molar-refractivity contribution in [1.82, 2.24) is 5.32 Å². The van der Waals surface area contributed by atoms with Gasteiger partial charge in [0.25, 0.3) is 0 Å². The van der Waals surface area contributed by atoms with Crippen LogP contribution in [0.25, 0.3) is 0 Å². The van der Waals surface area contributed by atoms with E-state index in [0.29, 0.717) is 12.6 Å². The van der Waals surface area contributed by atoms with Gasteiger partial charge in [0.1, 0.15) is 5.75 Å². The van der Waals surface area contributed by atoms with Gasteiger partial charge < -0.3 is 14.8 Å². The molecule has 1 unspecified atom stereocenters. The Morgan fingerprint density at radius 1 is 1.33 bits per heavy atom. The molecule has 1 aromatic carbocycles. The van der Waals surface area contributed by atoms with Crippen molar-refractivity contribution in [2.45, 2.75) is 52.2 Å². The molecule has 118 valence electrons. The Labute approximate surface area is 129 Å². The van der Waals surface area contributed by atoms with Crippen LogP contribution in [0.2, 0.25) is 0 Å². The molecule has 1 aliphatic carbocycles. The van der Waals surface area contributed by atoms with E-state index in [1.807, 2.05) is 6.07 Å². The van der Waals surface area contributed by atoms with Crippen LogP contribution in [0.5, 0.6) is 5.75 Å². The summed E-state index contributed by atoms with van der Waals surface area (Å²) >= 11 is 0. The smallest absolute Gasteiger partial charge is 0.124 e. The average Bonchev–Trinajstić information content (AvgIpc) is 2.45. The van der Waals surface area contributed by atoms with Crippen molar-refractivity contribution in [3.8, 4) is 5.75 Å². The van der Waals surface area contributed by atoms with Gasteiger partial charge in [0, 0.05) is 18.2 Å². The van der Waals surface area contributed by atoms with Gasteiger partial charge in [-0.1, -0.05) is 32.3 Å². The minimum absolute atomic E-state index is 0.356. The van der Waals surface area contributed by atoms with E-state index in [1.165, 1.54) is 31.2 Å². The topological polar surface area (TPSA) is 30.5 Å². The molecule has 0 heterocycles. The van der Waals surface area contributed by atoms with Crippen LogP contribution in [0.3, 0.4) is 0 Å². The molecule has 1 saturated carbocycles. The highest BCUT2D eigenvalue weighted by Gasteiger charge is 2.16. The molecule has 1 aromatic rings. The Kier molecular flexibility index (Phi) is 6.52. The third-order valence-corrected chi connectivity index (χ3v) is 4.47. The lowest BCUT2D eigenvalue weighted by Crippen LogP contribution is -2.18. The van der Waals surface area contributed by atoms with Crippen LogP contribution < -0.4 is 10.1 Å². The molecular weight excluding hydrogens is 262 g/mol. The summed E-state index contributed by atoms with van der Waals surface area (Å²) in [6, 6.07) is 6.74. The third-order valence-electron chi connectivity index (χ3n) is 4.47. The van der Waals surface area contributed by atoms with Crippen molar-refractivity contribution in [1.29, 1.82) is 0 Å². The number of hydrogen-bond acceptors (Lipinski definition) is 3. The molecule has 21 heavy (non-hydrogen) atoms. The number of hydrogen-bond donors (Lipinski definition) is 1. The molecule has 3 heteroatoms. The molecule has 1 fully saturated rings. The normalized spacial score (nSPS) is 16.5. The Hall–Kier alpha value is -1.06. The van der Waals surface area contributed by atoms with Crippen LogP contribution in [0, 0.1) is 5.92 Å². The van der Waals surface area contributed by atoms with Crippen molar-refractivity contribution >= 4 is 0 Å². The van der Waals surface area contributed by atoms with Gasteiger partial charge in [0.2, 0.25) is 0 Å². The number of rotatable bonds is 9. The second-order valence-corrected chi connectivity index (χ2v) is 5.99. The maximum absolute atomic E-state index is 5.86. The van der Waals surface area contributed by atoms with Crippen LogP contribution in [0.4, 0.5) is 0 Å². The van der Waals surface area contributed by atoms with E-state index in [-0.39, 0.29) is 0 Å². The molecule has 0 spiro atoms. The van der Waals surface area contributed by atoms with Crippen LogP contribution >= 0.6 is 0 Å². The number of benzene rings is 1. The van der Waals surface area contributed by atoms with Gasteiger partial charge in [-0.05, 0) is 43.5 Å². The maximum Gasteiger partial charge on any atom is 0.124 e. The predicted octanol–water partition coefficient (Wildman–Crippen LogP) is 4.07. The van der Waals surface area contributed by atoms with Gasteiger partial charge in [-0.25, -0.2) is 0 Å². The summed E-state index contributed by atoms with van der Waals surface area (Å²) in [6.45, 7) is 6.79. The Balaban J connectivity index is 1.89. The SMILES string of the molecule is CCNC(C)c1ccc(OC)c(COCCC2CCC2)c1. The molecule has 0 radical (unpaired) electrons. The summed E-state index contributed by atoms with van der Waals surface area (Å²) in [5.74, 6) is 1.83. The van der Waals surface area contributed by atoms with Crippen molar-refractivity contribution in [2.75, 3.05) is 20.3 Å². The molecule has 0 amide bonds. The molecule has 0 bridgehead atoms. The Morgan fingerprint density at radius 2 is 2.14 bits per heavy atom. The maximum atomic E-state index is 5.86. The predicted molar refractivity (Wildman–Crippen MR) is 86.7 cm³/mol. The second kappa shape index (κ2) is 8.40. The number of nitrogens with one attached hydrogen (secondary N) is 1. The van der Waals surface area contributed by atoms with E-state index in [4.69, 9.17) is 9.47 Å². The molecule has 0 aliphatic heterocycles.